The molecule has 1 aromatic heterocycles. The molecule has 1 heterocycles. The first-order valence-corrected chi connectivity index (χ1v) is 22.6. The van der Waals surface area contributed by atoms with Crippen LogP contribution in [0, 0.1) is 0 Å². The highest BCUT2D eigenvalue weighted by Gasteiger charge is 2.30. The zero-order chi connectivity index (χ0) is 42.8. The van der Waals surface area contributed by atoms with Gasteiger partial charge in [0.2, 0.25) is 0 Å². The predicted octanol–water partition coefficient (Wildman–Crippen LogP) is 15.6. The lowest BCUT2D eigenvalue weighted by Crippen LogP contribution is -2.31. The summed E-state index contributed by atoms with van der Waals surface area (Å²) < 4.78 is 8.05. The highest BCUT2D eigenvalue weighted by atomic mass is 35.5. The molecule has 0 bridgehead atoms. The molecule has 1 aliphatic carbocycles. The third kappa shape index (κ3) is 12.3. The van der Waals surface area contributed by atoms with E-state index in [4.69, 9.17) is 85.9 Å². The minimum atomic E-state index is -0.644. The van der Waals surface area contributed by atoms with Crippen LogP contribution in [-0.2, 0) is 17.9 Å². The van der Waals surface area contributed by atoms with Gasteiger partial charge in [-0.2, -0.15) is 0 Å². The fourth-order valence-electron chi connectivity index (χ4n) is 7.21. The van der Waals surface area contributed by atoms with Gasteiger partial charge in [0.1, 0.15) is 6.10 Å². The number of aliphatic hydroxyl groups is 1. The quantitative estimate of drug-likeness (QED) is 0.105. The maximum absolute atomic E-state index is 11.5. The van der Waals surface area contributed by atoms with Crippen molar-refractivity contribution in [2.45, 2.75) is 64.9 Å². The molecule has 0 saturated carbocycles. The number of hydrogen-bond donors (Lipinski definition) is 1. The first-order valence-electron chi connectivity index (χ1n) is 19.9. The Morgan fingerprint density at radius 1 is 0.683 bits per heavy atom. The maximum Gasteiger partial charge on any atom is 0.102 e. The van der Waals surface area contributed by atoms with E-state index in [2.05, 4.69) is 35.9 Å². The lowest BCUT2D eigenvalue weighted by atomic mass is 9.94. The Morgan fingerprint density at radius 2 is 1.32 bits per heavy atom. The Morgan fingerprint density at radius 3 is 1.97 bits per heavy atom. The molecule has 7 rings (SSSR count). The first-order chi connectivity index (χ1) is 28.9. The van der Waals surface area contributed by atoms with Crippen LogP contribution in [0.15, 0.2) is 110 Å². The molecule has 5 nitrogen and oxygen atoms in total. The number of hydrogen-bond acceptors (Lipinski definition) is 4. The van der Waals surface area contributed by atoms with E-state index in [9.17, 15) is 5.11 Å². The summed E-state index contributed by atoms with van der Waals surface area (Å²) in [6, 6.07) is 28.3. The summed E-state index contributed by atoms with van der Waals surface area (Å²) in [4.78, 5) is 6.45. The van der Waals surface area contributed by atoms with Crippen molar-refractivity contribution in [1.29, 1.82) is 0 Å². The molecule has 6 aromatic rings. The lowest BCUT2D eigenvalue weighted by Gasteiger charge is -2.26. The second-order valence-electron chi connectivity index (χ2n) is 14.7. The summed E-state index contributed by atoms with van der Waals surface area (Å²) >= 11 is 43.7. The van der Waals surface area contributed by atoms with Crippen molar-refractivity contribution in [3.05, 3.63) is 178 Å². The average molecular weight is 945 g/mol. The van der Waals surface area contributed by atoms with Crippen LogP contribution in [0.1, 0.15) is 85.1 Å². The number of fused-ring (bicyclic) bond motifs is 3. The molecule has 0 saturated heterocycles. The second kappa shape index (κ2) is 22.4. The van der Waals surface area contributed by atoms with Gasteiger partial charge in [0.25, 0.3) is 0 Å². The van der Waals surface area contributed by atoms with Crippen LogP contribution in [0.2, 0.25) is 35.2 Å². The Balaban J connectivity index is 0.000000213. The van der Waals surface area contributed by atoms with Gasteiger partial charge < -0.3 is 19.3 Å². The number of benzene rings is 5. The molecule has 0 radical (unpaired) electrons. The van der Waals surface area contributed by atoms with Crippen molar-refractivity contribution in [3.8, 4) is 11.1 Å². The lowest BCUT2D eigenvalue weighted by molar-refractivity contribution is 0.0281. The van der Waals surface area contributed by atoms with Crippen LogP contribution in [-0.4, -0.2) is 39.2 Å². The monoisotopic (exact) mass is 941 g/mol. The SMILES string of the molecule is CCCCN(CCCC)CC(O)c1cc(Cl)cc2c1-c1ccc(Cl)cc1/C2=C/c1ccc(Cl)cc1.Clc1ccc(COC(Cn2ccnc2)c2ccc(Cl)cc2Cl)c(Cl)c1. The number of halogens is 7. The Hall–Kier alpha value is -3.04. The fraction of sp³-hybridized carbons (Fsp3) is 0.271. The molecule has 12 heteroatoms. The summed E-state index contributed by atoms with van der Waals surface area (Å²) in [5.74, 6) is 0. The largest absolute Gasteiger partial charge is 0.387 e. The van der Waals surface area contributed by atoms with Crippen molar-refractivity contribution in [1.82, 2.24) is 14.5 Å². The van der Waals surface area contributed by atoms with E-state index >= 15 is 0 Å². The number of ether oxygens (including phenoxy) is 1. The van der Waals surface area contributed by atoms with Gasteiger partial charge in [-0.3, -0.25) is 0 Å². The van der Waals surface area contributed by atoms with Gasteiger partial charge >= 0.3 is 0 Å². The van der Waals surface area contributed by atoms with Gasteiger partial charge in [0.15, 0.2) is 0 Å². The normalized spacial score (nSPS) is 13.6. The smallest absolute Gasteiger partial charge is 0.102 e. The van der Waals surface area contributed by atoms with Gasteiger partial charge in [-0.1, -0.05) is 138 Å². The van der Waals surface area contributed by atoms with Gasteiger partial charge in [-0.15, -0.1) is 0 Å². The van der Waals surface area contributed by atoms with Crippen LogP contribution < -0.4 is 0 Å². The highest BCUT2D eigenvalue weighted by molar-refractivity contribution is 6.36. The molecule has 2 atom stereocenters. The molecule has 1 aliphatic rings. The van der Waals surface area contributed by atoms with Crippen LogP contribution in [0.4, 0.5) is 0 Å². The van der Waals surface area contributed by atoms with Gasteiger partial charge in [0, 0.05) is 59.7 Å². The second-order valence-corrected chi connectivity index (χ2v) is 17.7. The molecule has 1 N–H and O–H groups in total. The number of aromatic nitrogens is 2. The summed E-state index contributed by atoms with van der Waals surface area (Å²) in [6.07, 6.45) is 11.1. The molecule has 5 aromatic carbocycles. The van der Waals surface area contributed by atoms with E-state index in [-0.39, 0.29) is 6.10 Å². The molecule has 0 spiro atoms. The predicted molar refractivity (Wildman–Crippen MR) is 254 cm³/mol. The number of imidazole rings is 1. The third-order valence-electron chi connectivity index (χ3n) is 10.3. The van der Waals surface area contributed by atoms with Gasteiger partial charge in [-0.25, -0.2) is 4.98 Å². The molecule has 0 amide bonds. The third-order valence-corrected chi connectivity index (χ3v) is 12.1. The van der Waals surface area contributed by atoms with Gasteiger partial charge in [-0.05, 0) is 137 Å². The zero-order valence-corrected chi connectivity index (χ0v) is 38.6. The number of aliphatic hydroxyl groups excluding tert-OH is 1. The van der Waals surface area contributed by atoms with E-state index < -0.39 is 6.10 Å². The molecular weight excluding hydrogens is 899 g/mol. The topological polar surface area (TPSA) is 50.5 Å². The summed E-state index contributed by atoms with van der Waals surface area (Å²) in [6.45, 7) is 7.87. The van der Waals surface area contributed by atoms with E-state index in [1.165, 1.54) is 0 Å². The van der Waals surface area contributed by atoms with Crippen molar-refractivity contribution < 1.29 is 9.84 Å². The molecule has 60 heavy (non-hydrogen) atoms. The number of rotatable bonds is 16. The van der Waals surface area contributed by atoms with E-state index in [0.29, 0.717) is 54.9 Å². The van der Waals surface area contributed by atoms with Crippen LogP contribution in [0.3, 0.4) is 0 Å². The Kier molecular flexibility index (Phi) is 17.3. The van der Waals surface area contributed by atoms with E-state index in [0.717, 1.165) is 88.9 Å². The highest BCUT2D eigenvalue weighted by Crippen LogP contribution is 2.50. The zero-order valence-electron chi connectivity index (χ0n) is 33.3. The summed E-state index contributed by atoms with van der Waals surface area (Å²) in [5.41, 5.74) is 8.84. The minimum absolute atomic E-state index is 0.286. The van der Waals surface area contributed by atoms with Crippen LogP contribution in [0.25, 0.3) is 22.8 Å². The standard InChI is InChI=1S/C30H32Cl3NO.C18H14Cl4N2O/c1-3-5-13-34(14-6-4-2)19-29(35)28-18-23(33)17-27-25(15-20-7-9-21(31)10-8-20)26-16-22(32)11-12-24(26)30(27)28;19-13-2-1-12(16(21)7-13)10-25-18(9-24-6-5-23-11-24)15-4-3-14(20)8-17(15)22/h7-12,15-18,29,35H,3-6,13-14,19H2,1-2H3;1-8,11,18H,9-10H2/b25-15-;. The molecular formula is C48H46Cl7N3O2. The molecule has 0 fully saturated rings. The first kappa shape index (κ1) is 46.5. The van der Waals surface area contributed by atoms with Crippen molar-refractivity contribution in [2.24, 2.45) is 0 Å². The minimum Gasteiger partial charge on any atom is -0.387 e. The fourth-order valence-corrected chi connectivity index (χ4v) is 8.72. The Bertz CT molecular complexity index is 2380. The van der Waals surface area contributed by atoms with Gasteiger partial charge in [0.05, 0.1) is 25.6 Å². The van der Waals surface area contributed by atoms with Crippen LogP contribution >= 0.6 is 81.2 Å². The number of nitrogens with zero attached hydrogens (tertiary/aromatic N) is 3. The van der Waals surface area contributed by atoms with Crippen molar-refractivity contribution in [2.75, 3.05) is 19.6 Å². The molecule has 314 valence electrons. The van der Waals surface area contributed by atoms with Crippen LogP contribution in [0.5, 0.6) is 0 Å². The number of unbranched alkanes of at least 4 members (excludes halogenated alkanes) is 2. The van der Waals surface area contributed by atoms with E-state index in [1.54, 1.807) is 36.8 Å². The van der Waals surface area contributed by atoms with E-state index in [1.807, 2.05) is 71.4 Å². The maximum atomic E-state index is 11.5. The average Bonchev–Trinajstić information content (AvgIpc) is 3.84. The Labute approximate surface area is 388 Å². The summed E-state index contributed by atoms with van der Waals surface area (Å²) in [5, 5.41) is 15.8. The summed E-state index contributed by atoms with van der Waals surface area (Å²) in [7, 11) is 0. The van der Waals surface area contributed by atoms with Crippen molar-refractivity contribution >= 4 is 92.9 Å². The van der Waals surface area contributed by atoms with Crippen molar-refractivity contribution in [3.63, 3.8) is 0 Å². The molecule has 0 aliphatic heterocycles. The molecule has 2 unspecified atom stereocenters.